The molecule has 0 amide bonds. The van der Waals surface area contributed by atoms with Crippen LogP contribution in [0.2, 0.25) is 0 Å². The van der Waals surface area contributed by atoms with Gasteiger partial charge in [0.1, 0.15) is 0 Å². The molecule has 0 saturated heterocycles. The van der Waals surface area contributed by atoms with Crippen LogP contribution in [0.4, 0.5) is 0 Å². The summed E-state index contributed by atoms with van der Waals surface area (Å²) in [7, 11) is -1.98. The highest BCUT2D eigenvalue weighted by Crippen LogP contribution is 2.36. The van der Waals surface area contributed by atoms with Crippen molar-refractivity contribution in [2.75, 3.05) is 48.1 Å². The number of methoxy groups -OCH3 is 4. The number of likely N-dealkylation sites (N-methyl/N-ethyl adjacent to an activating group) is 1. The molecule has 3 rings (SSSR count). The molecule has 1 aliphatic rings. The molecule has 0 heterocycles. The number of ether oxygens (including phenoxy) is 4. The Hall–Kier alpha value is -2.54. The Balaban J connectivity index is 1.86. The van der Waals surface area contributed by atoms with Gasteiger partial charge in [-0.15, -0.1) is 0 Å². The molecule has 1 saturated carbocycles. The molecule has 0 radical (unpaired) electrons. The number of hydrogen-bond acceptors (Lipinski definition) is 8. The van der Waals surface area contributed by atoms with E-state index >= 15 is 0 Å². The van der Waals surface area contributed by atoms with Crippen molar-refractivity contribution in [2.24, 2.45) is 0 Å². The summed E-state index contributed by atoms with van der Waals surface area (Å²) >= 11 is 0. The zero-order valence-electron chi connectivity index (χ0n) is 20.6. The summed E-state index contributed by atoms with van der Waals surface area (Å²) < 4.78 is 77.2. The van der Waals surface area contributed by atoms with Gasteiger partial charge in [-0.3, -0.25) is 0 Å². The van der Waals surface area contributed by atoms with Gasteiger partial charge in [-0.2, -0.15) is 8.61 Å². The Morgan fingerprint density at radius 2 is 1.17 bits per heavy atom. The third-order valence-electron chi connectivity index (χ3n) is 5.83. The second kappa shape index (κ2) is 11.0. The maximum absolute atomic E-state index is 13.5. The smallest absolute Gasteiger partial charge is 0.243 e. The largest absolute Gasteiger partial charge is 0.493 e. The van der Waals surface area contributed by atoms with Crippen LogP contribution in [0.15, 0.2) is 46.2 Å². The van der Waals surface area contributed by atoms with Crippen LogP contribution in [0.5, 0.6) is 23.0 Å². The summed E-state index contributed by atoms with van der Waals surface area (Å²) in [5.41, 5.74) is 0. The summed E-state index contributed by atoms with van der Waals surface area (Å²) in [5, 5.41) is 0. The predicted molar refractivity (Wildman–Crippen MR) is 130 cm³/mol. The Morgan fingerprint density at radius 1 is 0.714 bits per heavy atom. The lowest BCUT2D eigenvalue weighted by atomic mass is 10.3. The molecule has 0 atom stereocenters. The Labute approximate surface area is 207 Å². The molecule has 0 aliphatic heterocycles. The second-order valence-corrected chi connectivity index (χ2v) is 11.7. The van der Waals surface area contributed by atoms with Crippen molar-refractivity contribution >= 4 is 20.0 Å². The van der Waals surface area contributed by atoms with Gasteiger partial charge in [0.15, 0.2) is 23.0 Å². The van der Waals surface area contributed by atoms with Crippen LogP contribution in [0.25, 0.3) is 0 Å². The molecule has 0 bridgehead atoms. The third kappa shape index (κ3) is 5.66. The zero-order valence-corrected chi connectivity index (χ0v) is 22.2. The van der Waals surface area contributed by atoms with E-state index in [1.54, 1.807) is 6.92 Å². The van der Waals surface area contributed by atoms with Gasteiger partial charge in [0.2, 0.25) is 20.0 Å². The number of hydrogen-bond donors (Lipinski definition) is 0. The lowest BCUT2D eigenvalue weighted by molar-refractivity contribution is 0.342. The van der Waals surface area contributed by atoms with E-state index in [-0.39, 0.29) is 35.5 Å². The molecule has 0 spiro atoms. The average Bonchev–Trinajstić information content (AvgIpc) is 3.70. The Morgan fingerprint density at radius 3 is 1.57 bits per heavy atom. The first-order chi connectivity index (χ1) is 16.6. The number of nitrogens with zero attached hydrogens (tertiary/aromatic N) is 2. The average molecular weight is 529 g/mol. The van der Waals surface area contributed by atoms with Crippen LogP contribution in [-0.4, -0.2) is 79.6 Å². The lowest BCUT2D eigenvalue weighted by Crippen LogP contribution is -2.42. The molecule has 0 N–H and O–H groups in total. The molecule has 35 heavy (non-hydrogen) atoms. The van der Waals surface area contributed by atoms with E-state index in [1.807, 2.05) is 0 Å². The van der Waals surface area contributed by atoms with E-state index in [0.717, 1.165) is 12.8 Å². The normalized spacial score (nSPS) is 14.3. The highest BCUT2D eigenvalue weighted by molar-refractivity contribution is 7.89. The topological polar surface area (TPSA) is 112 Å². The van der Waals surface area contributed by atoms with Gasteiger partial charge < -0.3 is 18.9 Å². The van der Waals surface area contributed by atoms with Crippen molar-refractivity contribution in [3.8, 4) is 23.0 Å². The highest BCUT2D eigenvalue weighted by atomic mass is 32.2. The molecular formula is C23H32N2O8S2. The van der Waals surface area contributed by atoms with Crippen molar-refractivity contribution < 1.29 is 35.8 Å². The molecule has 0 aromatic heterocycles. The summed E-state index contributed by atoms with van der Waals surface area (Å²) in [6.07, 6.45) is 1.45. The van der Waals surface area contributed by atoms with E-state index in [2.05, 4.69) is 0 Å². The van der Waals surface area contributed by atoms with E-state index in [0.29, 0.717) is 23.0 Å². The molecule has 1 aliphatic carbocycles. The van der Waals surface area contributed by atoms with Gasteiger partial charge in [0.25, 0.3) is 0 Å². The van der Waals surface area contributed by atoms with E-state index < -0.39 is 20.0 Å². The van der Waals surface area contributed by atoms with Crippen LogP contribution in [-0.2, 0) is 20.0 Å². The van der Waals surface area contributed by atoms with E-state index in [4.69, 9.17) is 18.9 Å². The van der Waals surface area contributed by atoms with Crippen LogP contribution in [0.3, 0.4) is 0 Å². The lowest BCUT2D eigenvalue weighted by Gasteiger charge is -2.27. The summed E-state index contributed by atoms with van der Waals surface area (Å²) in [6, 6.07) is 8.61. The van der Waals surface area contributed by atoms with Crippen LogP contribution < -0.4 is 18.9 Å². The monoisotopic (exact) mass is 528 g/mol. The van der Waals surface area contributed by atoms with E-state index in [9.17, 15) is 16.8 Å². The van der Waals surface area contributed by atoms with Gasteiger partial charge in [0.05, 0.1) is 38.2 Å². The van der Waals surface area contributed by atoms with Crippen LogP contribution in [0.1, 0.15) is 19.8 Å². The predicted octanol–water partition coefficient (Wildman–Crippen LogP) is 2.58. The molecule has 2 aromatic carbocycles. The van der Waals surface area contributed by atoms with Crippen LogP contribution in [0, 0.1) is 0 Å². The standard InChI is InChI=1S/C23H32N2O8S2/c1-6-24(34(26,27)18-9-11-20(30-2)22(15-18)32-4)13-14-25(17-7-8-17)35(28,29)19-10-12-21(31-3)23(16-19)33-5/h9-12,15-17H,6-8,13-14H2,1-5H3. The zero-order chi connectivity index (χ0) is 25.8. The van der Waals surface area contributed by atoms with Gasteiger partial charge in [-0.05, 0) is 37.1 Å². The molecule has 1 fully saturated rings. The molecule has 194 valence electrons. The Kier molecular flexibility index (Phi) is 8.52. The summed E-state index contributed by atoms with van der Waals surface area (Å²) in [6.45, 7) is 1.89. The fourth-order valence-electron chi connectivity index (χ4n) is 3.76. The maximum atomic E-state index is 13.5. The van der Waals surface area contributed by atoms with Gasteiger partial charge in [-0.25, -0.2) is 16.8 Å². The first-order valence-corrected chi connectivity index (χ1v) is 14.0. The molecule has 0 unspecified atom stereocenters. The highest BCUT2D eigenvalue weighted by Gasteiger charge is 2.39. The van der Waals surface area contributed by atoms with Crippen molar-refractivity contribution in [3.63, 3.8) is 0 Å². The van der Waals surface area contributed by atoms with Crippen LogP contribution >= 0.6 is 0 Å². The number of rotatable bonds is 13. The molecular weight excluding hydrogens is 496 g/mol. The first-order valence-electron chi connectivity index (χ1n) is 11.1. The van der Waals surface area contributed by atoms with Crippen molar-refractivity contribution in [1.82, 2.24) is 8.61 Å². The summed E-state index contributed by atoms with van der Waals surface area (Å²) in [5.74, 6) is 1.42. The minimum atomic E-state index is -3.90. The third-order valence-corrected chi connectivity index (χ3v) is 9.75. The van der Waals surface area contributed by atoms with Gasteiger partial charge in [-0.1, -0.05) is 6.92 Å². The second-order valence-electron chi connectivity index (χ2n) is 7.88. The van der Waals surface area contributed by atoms with Gasteiger partial charge in [0, 0.05) is 37.8 Å². The van der Waals surface area contributed by atoms with Crippen molar-refractivity contribution in [1.29, 1.82) is 0 Å². The molecule has 2 aromatic rings. The fraction of sp³-hybridized carbons (Fsp3) is 0.478. The Bertz CT molecular complexity index is 1240. The van der Waals surface area contributed by atoms with E-state index in [1.165, 1.54) is 73.4 Å². The van der Waals surface area contributed by atoms with Crippen molar-refractivity contribution in [2.45, 2.75) is 35.6 Å². The van der Waals surface area contributed by atoms with Crippen molar-refractivity contribution in [3.05, 3.63) is 36.4 Å². The first kappa shape index (κ1) is 27.1. The number of benzene rings is 2. The maximum Gasteiger partial charge on any atom is 0.243 e. The van der Waals surface area contributed by atoms with Gasteiger partial charge >= 0.3 is 0 Å². The summed E-state index contributed by atoms with van der Waals surface area (Å²) in [4.78, 5) is 0.102. The quantitative estimate of drug-likeness (QED) is 0.390. The number of sulfonamides is 2. The minimum Gasteiger partial charge on any atom is -0.493 e. The molecule has 10 nitrogen and oxygen atoms in total. The molecule has 12 heteroatoms. The SMILES string of the molecule is CCN(CCN(C1CC1)S(=O)(=O)c1ccc(OC)c(OC)c1)S(=O)(=O)c1ccc(OC)c(OC)c1. The minimum absolute atomic E-state index is 0.00377. The fourth-order valence-corrected chi connectivity index (χ4v) is 6.91.